The summed E-state index contributed by atoms with van der Waals surface area (Å²) < 4.78 is 12.3. The first-order valence-electron chi connectivity index (χ1n) is 11.1. The Morgan fingerprint density at radius 1 is 0.875 bits per heavy atom. The number of esters is 1. The van der Waals surface area contributed by atoms with Crippen LogP contribution in [0.5, 0.6) is 0 Å². The average Bonchev–Trinajstić information content (AvgIpc) is 2.76. The highest BCUT2D eigenvalue weighted by Gasteiger charge is 2.50. The number of aliphatic hydroxyl groups is 2. The van der Waals surface area contributed by atoms with Crippen molar-refractivity contribution < 1.29 is 24.2 Å². The molecule has 32 heavy (non-hydrogen) atoms. The number of allylic oxidation sites excluding steroid dienone is 2. The molecule has 0 saturated carbocycles. The lowest BCUT2D eigenvalue weighted by atomic mass is 9.82. The van der Waals surface area contributed by atoms with Crippen LogP contribution in [0.3, 0.4) is 0 Å². The summed E-state index contributed by atoms with van der Waals surface area (Å²) >= 11 is 0. The van der Waals surface area contributed by atoms with Gasteiger partial charge in [-0.2, -0.15) is 0 Å². The summed E-state index contributed by atoms with van der Waals surface area (Å²) in [5.74, 6) is -0.571. The van der Waals surface area contributed by atoms with Gasteiger partial charge in [0.05, 0.1) is 6.61 Å². The molecule has 0 heterocycles. The lowest BCUT2D eigenvalue weighted by Gasteiger charge is -2.44. The Hall–Kier alpha value is -2.57. The highest BCUT2D eigenvalue weighted by molar-refractivity contribution is 6.99. The van der Waals surface area contributed by atoms with Crippen LogP contribution in [-0.4, -0.2) is 37.7 Å². The van der Waals surface area contributed by atoms with Gasteiger partial charge in [0.25, 0.3) is 8.32 Å². The van der Waals surface area contributed by atoms with E-state index in [4.69, 9.17) is 9.16 Å². The summed E-state index contributed by atoms with van der Waals surface area (Å²) in [6.45, 7) is 8.64. The molecular formula is C26H34O5Si. The van der Waals surface area contributed by atoms with Crippen LogP contribution in [0.15, 0.2) is 72.2 Å². The minimum Gasteiger partial charge on any atom is -0.509 e. The summed E-state index contributed by atoms with van der Waals surface area (Å²) in [4.78, 5) is 11.4. The molecule has 5 nitrogen and oxygen atoms in total. The molecule has 0 unspecified atom stereocenters. The molecule has 0 bridgehead atoms. The number of ether oxygens (including phenoxy) is 1. The van der Waals surface area contributed by atoms with Crippen molar-refractivity contribution in [1.82, 2.24) is 0 Å². The largest absolute Gasteiger partial charge is 0.509 e. The Morgan fingerprint density at radius 3 is 1.72 bits per heavy atom. The summed E-state index contributed by atoms with van der Waals surface area (Å²) in [5.41, 5.74) is 0. The first kappa shape index (κ1) is 24.1. The van der Waals surface area contributed by atoms with Crippen LogP contribution in [0, 0.1) is 11.8 Å². The van der Waals surface area contributed by atoms with Crippen molar-refractivity contribution in [3.8, 4) is 0 Å². The van der Waals surface area contributed by atoms with Gasteiger partial charge in [-0.3, -0.25) is 4.79 Å². The fraction of sp³-hybridized carbons (Fsp3) is 0.423. The Morgan fingerprint density at radius 2 is 1.31 bits per heavy atom. The molecule has 2 aromatic carbocycles. The number of rotatable bonds is 7. The molecule has 2 N–H and O–H groups in total. The molecule has 0 fully saturated rings. The van der Waals surface area contributed by atoms with Crippen LogP contribution in [0.2, 0.25) is 5.04 Å². The highest BCUT2D eigenvalue weighted by atomic mass is 28.4. The normalized spacial score (nSPS) is 19.6. The van der Waals surface area contributed by atoms with Crippen LogP contribution in [-0.2, 0) is 14.0 Å². The van der Waals surface area contributed by atoms with Gasteiger partial charge in [0, 0.05) is 32.3 Å². The van der Waals surface area contributed by atoms with E-state index in [1.807, 2.05) is 36.4 Å². The second-order valence-corrected chi connectivity index (χ2v) is 13.9. The van der Waals surface area contributed by atoms with Crippen molar-refractivity contribution in [2.45, 2.75) is 45.6 Å². The molecule has 0 aliphatic heterocycles. The zero-order chi connectivity index (χ0) is 23.4. The number of hydrogen-bond donors (Lipinski definition) is 2. The smallest absolute Gasteiger partial charge is 0.302 e. The predicted molar refractivity (Wildman–Crippen MR) is 129 cm³/mol. The van der Waals surface area contributed by atoms with Gasteiger partial charge < -0.3 is 19.4 Å². The molecule has 0 saturated heterocycles. The van der Waals surface area contributed by atoms with Crippen molar-refractivity contribution in [2.24, 2.45) is 11.8 Å². The summed E-state index contributed by atoms with van der Waals surface area (Å²) in [6.07, 6.45) is 0.573. The number of carbonyl (C=O) groups is 1. The fourth-order valence-electron chi connectivity index (χ4n) is 4.67. The maximum atomic E-state index is 11.4. The van der Waals surface area contributed by atoms with Crippen molar-refractivity contribution >= 4 is 24.7 Å². The minimum absolute atomic E-state index is 0.000113. The van der Waals surface area contributed by atoms with Crippen LogP contribution in [0.25, 0.3) is 0 Å². The molecular weight excluding hydrogens is 420 g/mol. The first-order chi connectivity index (χ1) is 15.1. The Balaban J connectivity index is 1.99. The third-order valence-electron chi connectivity index (χ3n) is 6.34. The second kappa shape index (κ2) is 9.92. The Bertz CT molecular complexity index is 894. The zero-order valence-corrected chi connectivity index (χ0v) is 20.4. The molecule has 2 atom stereocenters. The molecule has 1 aliphatic carbocycles. The molecule has 1 aliphatic rings. The standard InChI is InChI=1S/C26H34O5Si/c1-19(27)30-17-20-15-24(28)25(29)16-21(20)18-31-32(26(2,3)4,22-11-7-5-8-12-22)23-13-9-6-10-14-23/h5-14,20-21,28-29H,15-18H2,1-4H3/t20-,21+/m1/s1. The highest BCUT2D eigenvalue weighted by Crippen LogP contribution is 2.39. The lowest BCUT2D eigenvalue weighted by molar-refractivity contribution is -0.143. The van der Waals surface area contributed by atoms with Gasteiger partial charge in [-0.1, -0.05) is 81.4 Å². The SMILES string of the molecule is CC(=O)OC[C@H]1CC(O)=C(O)C[C@H]1CO[Si](c1ccccc1)(c1ccccc1)C(C)(C)C. The van der Waals surface area contributed by atoms with E-state index >= 15 is 0 Å². The maximum Gasteiger partial charge on any atom is 0.302 e. The molecule has 0 aromatic heterocycles. The molecule has 0 amide bonds. The molecule has 3 rings (SSSR count). The summed E-state index contributed by atoms with van der Waals surface area (Å²) in [6, 6.07) is 20.8. The monoisotopic (exact) mass is 454 g/mol. The van der Waals surface area contributed by atoms with Crippen molar-refractivity contribution in [3.05, 3.63) is 72.2 Å². The topological polar surface area (TPSA) is 76.0 Å². The van der Waals surface area contributed by atoms with Crippen molar-refractivity contribution in [1.29, 1.82) is 0 Å². The van der Waals surface area contributed by atoms with E-state index < -0.39 is 8.32 Å². The number of aliphatic hydroxyl groups excluding tert-OH is 2. The van der Waals surface area contributed by atoms with Gasteiger partial charge in [0.2, 0.25) is 0 Å². The van der Waals surface area contributed by atoms with E-state index in [-0.39, 0.29) is 47.4 Å². The molecule has 6 heteroatoms. The van der Waals surface area contributed by atoms with Crippen molar-refractivity contribution in [3.63, 3.8) is 0 Å². The molecule has 172 valence electrons. The molecule has 2 aromatic rings. The van der Waals surface area contributed by atoms with Gasteiger partial charge in [0.1, 0.15) is 11.5 Å². The van der Waals surface area contributed by atoms with E-state index in [2.05, 4.69) is 45.0 Å². The maximum absolute atomic E-state index is 11.4. The van der Waals surface area contributed by atoms with Crippen LogP contribution in [0.1, 0.15) is 40.5 Å². The fourth-order valence-corrected chi connectivity index (χ4v) is 9.29. The van der Waals surface area contributed by atoms with E-state index in [1.54, 1.807) is 0 Å². The number of benzene rings is 2. The van der Waals surface area contributed by atoms with Gasteiger partial charge in [-0.25, -0.2) is 0 Å². The minimum atomic E-state index is -2.71. The Labute approximate surface area is 191 Å². The first-order valence-corrected chi connectivity index (χ1v) is 13.0. The van der Waals surface area contributed by atoms with Gasteiger partial charge in [-0.05, 0) is 21.3 Å². The number of hydrogen-bond acceptors (Lipinski definition) is 5. The van der Waals surface area contributed by atoms with Gasteiger partial charge in [0.15, 0.2) is 0 Å². The Kier molecular flexibility index (Phi) is 7.46. The molecule has 0 radical (unpaired) electrons. The van der Waals surface area contributed by atoms with Gasteiger partial charge in [-0.15, -0.1) is 0 Å². The lowest BCUT2D eigenvalue weighted by Crippen LogP contribution is -2.67. The predicted octanol–water partition coefficient (Wildman–Crippen LogP) is 4.48. The summed E-state index contributed by atoms with van der Waals surface area (Å²) in [7, 11) is -2.71. The third-order valence-corrected chi connectivity index (χ3v) is 11.3. The number of carbonyl (C=O) groups excluding carboxylic acids is 1. The zero-order valence-electron chi connectivity index (χ0n) is 19.4. The van der Waals surface area contributed by atoms with E-state index in [9.17, 15) is 15.0 Å². The van der Waals surface area contributed by atoms with Crippen molar-refractivity contribution in [2.75, 3.05) is 13.2 Å². The molecule has 0 spiro atoms. The quantitative estimate of drug-likeness (QED) is 0.477. The second-order valence-electron chi connectivity index (χ2n) is 9.60. The average molecular weight is 455 g/mol. The van der Waals surface area contributed by atoms with Crippen LogP contribution < -0.4 is 10.4 Å². The van der Waals surface area contributed by atoms with Crippen LogP contribution >= 0.6 is 0 Å². The van der Waals surface area contributed by atoms with Gasteiger partial charge >= 0.3 is 5.97 Å². The van der Waals surface area contributed by atoms with E-state index in [0.29, 0.717) is 13.0 Å². The third kappa shape index (κ3) is 5.08. The van der Waals surface area contributed by atoms with E-state index in [1.165, 1.54) is 17.3 Å². The van der Waals surface area contributed by atoms with Crippen LogP contribution in [0.4, 0.5) is 0 Å². The van der Waals surface area contributed by atoms with E-state index in [0.717, 1.165) is 0 Å². The summed E-state index contributed by atoms with van der Waals surface area (Å²) in [5, 5.41) is 22.6.